The van der Waals surface area contributed by atoms with Gasteiger partial charge in [0.15, 0.2) is 28.2 Å². The van der Waals surface area contributed by atoms with Gasteiger partial charge in [0, 0.05) is 25.7 Å². The molecule has 0 N–H and O–H groups in total. The summed E-state index contributed by atoms with van der Waals surface area (Å²) in [6.07, 6.45) is 10.0. The van der Waals surface area contributed by atoms with Crippen LogP contribution in [0.2, 0.25) is 39.3 Å². The predicted octanol–water partition coefficient (Wildman–Crippen LogP) is 5.33. The van der Waals surface area contributed by atoms with Gasteiger partial charge in [-0.05, 0) is 65.0 Å². The first kappa shape index (κ1) is 23.9. The lowest BCUT2D eigenvalue weighted by molar-refractivity contribution is -0.223. The third kappa shape index (κ3) is 4.67. The molecule has 6 atom stereocenters. The molecule has 184 valence electrons. The second kappa shape index (κ2) is 8.40. The zero-order valence-electron chi connectivity index (χ0n) is 21.0. The van der Waals surface area contributed by atoms with Crippen LogP contribution in [0.5, 0.6) is 0 Å². The van der Waals surface area contributed by atoms with E-state index in [2.05, 4.69) is 39.3 Å². The van der Waals surface area contributed by atoms with E-state index in [0.29, 0.717) is 0 Å². The monoisotopic (exact) mass is 484 g/mol. The minimum Gasteiger partial charge on any atom is -0.409 e. The molecule has 5 fully saturated rings. The maximum absolute atomic E-state index is 6.86. The molecule has 0 radical (unpaired) electrons. The Kier molecular flexibility index (Phi) is 6.28. The molecule has 2 saturated heterocycles. The first-order chi connectivity index (χ1) is 15.0. The largest absolute Gasteiger partial charge is 0.409 e. The second-order valence-corrected chi connectivity index (χ2v) is 21.6. The van der Waals surface area contributed by atoms with E-state index < -0.39 is 28.2 Å². The Morgan fingerprint density at radius 1 is 0.500 bits per heavy atom. The third-order valence-corrected chi connectivity index (χ3v) is 9.51. The van der Waals surface area contributed by atoms with Gasteiger partial charge in [-0.3, -0.25) is 0 Å². The average molecular weight is 485 g/mol. The van der Waals surface area contributed by atoms with Gasteiger partial charge in [0.2, 0.25) is 0 Å². The summed E-state index contributed by atoms with van der Waals surface area (Å²) in [6.45, 7) is 13.5. The first-order valence-corrected chi connectivity index (χ1v) is 19.9. The summed E-state index contributed by atoms with van der Waals surface area (Å²) in [6, 6.07) is 0. The Morgan fingerprint density at radius 3 is 1.12 bits per heavy atom. The lowest BCUT2D eigenvalue weighted by atomic mass is 9.85. The number of fused-ring (bicyclic) bond motifs is 3. The molecular formula is C24H44O6Si2. The molecule has 0 amide bonds. The van der Waals surface area contributed by atoms with Gasteiger partial charge in [0.1, 0.15) is 36.6 Å². The normalized spacial score (nSPS) is 41.1. The highest BCUT2D eigenvalue weighted by Crippen LogP contribution is 2.53. The zero-order chi connectivity index (χ0) is 22.8. The Balaban J connectivity index is 1.51. The van der Waals surface area contributed by atoms with Gasteiger partial charge in [0.25, 0.3) is 0 Å². The van der Waals surface area contributed by atoms with Crippen molar-refractivity contribution in [2.75, 3.05) is 0 Å². The van der Waals surface area contributed by atoms with E-state index in [4.69, 9.17) is 27.8 Å². The molecule has 32 heavy (non-hydrogen) atoms. The highest BCUT2D eigenvalue weighted by molar-refractivity contribution is 6.70. The number of hydrogen-bond acceptors (Lipinski definition) is 6. The Labute approximate surface area is 196 Å². The van der Waals surface area contributed by atoms with Gasteiger partial charge < -0.3 is 27.8 Å². The van der Waals surface area contributed by atoms with Crippen LogP contribution in [0.15, 0.2) is 0 Å². The molecule has 5 rings (SSSR count). The molecular weight excluding hydrogens is 440 g/mol. The lowest BCUT2D eigenvalue weighted by Crippen LogP contribution is -2.66. The molecule has 0 aromatic carbocycles. The first-order valence-electron chi connectivity index (χ1n) is 13.1. The topological polar surface area (TPSA) is 55.4 Å². The third-order valence-electron chi connectivity index (χ3n) is 7.56. The van der Waals surface area contributed by atoms with Gasteiger partial charge in [0.05, 0.1) is 0 Å². The summed E-state index contributed by atoms with van der Waals surface area (Å²) >= 11 is 0. The predicted molar refractivity (Wildman–Crippen MR) is 128 cm³/mol. The molecule has 3 saturated carbocycles. The fourth-order valence-corrected chi connectivity index (χ4v) is 8.61. The maximum atomic E-state index is 6.86. The maximum Gasteiger partial charge on any atom is 0.184 e. The molecule has 0 aromatic heterocycles. The minimum absolute atomic E-state index is 0.151. The molecule has 5 aliphatic rings. The molecule has 6 nitrogen and oxygen atoms in total. The van der Waals surface area contributed by atoms with E-state index in [1.807, 2.05) is 0 Å². The smallest absolute Gasteiger partial charge is 0.184 e. The zero-order valence-corrected chi connectivity index (χ0v) is 23.0. The summed E-state index contributed by atoms with van der Waals surface area (Å²) < 4.78 is 41.1. The summed E-state index contributed by atoms with van der Waals surface area (Å²) in [5.41, 5.74) is 0. The van der Waals surface area contributed by atoms with Crippen LogP contribution in [0.25, 0.3) is 0 Å². The van der Waals surface area contributed by atoms with Crippen molar-refractivity contribution in [1.29, 1.82) is 0 Å². The molecule has 6 unspecified atom stereocenters. The van der Waals surface area contributed by atoms with Crippen molar-refractivity contribution in [1.82, 2.24) is 0 Å². The molecule has 0 aromatic rings. The second-order valence-electron chi connectivity index (χ2n) is 12.7. The van der Waals surface area contributed by atoms with E-state index >= 15 is 0 Å². The van der Waals surface area contributed by atoms with Crippen molar-refractivity contribution in [2.45, 2.75) is 152 Å². The number of ether oxygens (including phenoxy) is 4. The highest BCUT2D eigenvalue weighted by Gasteiger charge is 2.67. The van der Waals surface area contributed by atoms with Crippen molar-refractivity contribution >= 4 is 16.6 Å². The molecule has 8 heteroatoms. The summed E-state index contributed by atoms with van der Waals surface area (Å²) in [7, 11) is -3.74. The van der Waals surface area contributed by atoms with Crippen molar-refractivity contribution in [3.05, 3.63) is 0 Å². The Morgan fingerprint density at radius 2 is 0.812 bits per heavy atom. The molecule has 2 aliphatic heterocycles. The van der Waals surface area contributed by atoms with Crippen molar-refractivity contribution in [3.8, 4) is 0 Å². The standard InChI is InChI=1S/C24H44O6Si2/c1-31(2,3)29-21-19-17(25-23(27-19)13-9-7-10-14-23)18-20(22(21)30-32(4,5)6)28-24(26-18)15-11-8-12-16-24/h17-22H,7-16H2,1-6H3. The minimum atomic E-state index is -1.87. The summed E-state index contributed by atoms with van der Waals surface area (Å²) in [5.74, 6) is -0.974. The summed E-state index contributed by atoms with van der Waals surface area (Å²) in [4.78, 5) is 0. The van der Waals surface area contributed by atoms with Crippen molar-refractivity contribution in [2.24, 2.45) is 0 Å². The van der Waals surface area contributed by atoms with E-state index in [0.717, 1.165) is 51.4 Å². The van der Waals surface area contributed by atoms with Gasteiger partial charge >= 0.3 is 0 Å². The SMILES string of the molecule is C[Si](C)(C)OC1C2OC3(CCCCC3)OC2C2OC3(CCCCC3)OC2C1O[Si](C)(C)C. The lowest BCUT2D eigenvalue weighted by Gasteiger charge is -2.46. The van der Waals surface area contributed by atoms with Crippen molar-refractivity contribution < 1.29 is 27.8 Å². The molecule has 3 aliphatic carbocycles. The van der Waals surface area contributed by atoms with E-state index in [1.165, 1.54) is 12.8 Å². The Hall–Kier alpha value is 0.194. The van der Waals surface area contributed by atoms with Crippen LogP contribution in [0, 0.1) is 0 Å². The summed E-state index contributed by atoms with van der Waals surface area (Å²) in [5, 5.41) is 0. The molecule has 2 heterocycles. The van der Waals surface area contributed by atoms with Gasteiger partial charge in [-0.2, -0.15) is 0 Å². The van der Waals surface area contributed by atoms with Crippen LogP contribution < -0.4 is 0 Å². The van der Waals surface area contributed by atoms with Gasteiger partial charge in [-0.15, -0.1) is 0 Å². The fourth-order valence-electron chi connectivity index (χ4n) is 6.44. The van der Waals surface area contributed by atoms with Crippen LogP contribution in [0.3, 0.4) is 0 Å². The van der Waals surface area contributed by atoms with Crippen LogP contribution in [-0.2, 0) is 27.8 Å². The average Bonchev–Trinajstić information content (AvgIpc) is 3.23. The van der Waals surface area contributed by atoms with E-state index in [1.54, 1.807) is 0 Å². The Bertz CT molecular complexity index is 619. The number of hydrogen-bond donors (Lipinski definition) is 0. The van der Waals surface area contributed by atoms with Gasteiger partial charge in [-0.1, -0.05) is 12.8 Å². The van der Waals surface area contributed by atoms with Crippen LogP contribution in [-0.4, -0.2) is 64.8 Å². The van der Waals surface area contributed by atoms with E-state index in [9.17, 15) is 0 Å². The van der Waals surface area contributed by atoms with Gasteiger partial charge in [-0.25, -0.2) is 0 Å². The van der Waals surface area contributed by atoms with Crippen LogP contribution >= 0.6 is 0 Å². The quantitative estimate of drug-likeness (QED) is 0.503. The van der Waals surface area contributed by atoms with E-state index in [-0.39, 0.29) is 36.6 Å². The highest BCUT2D eigenvalue weighted by atomic mass is 28.4. The molecule has 2 spiro atoms. The molecule has 0 bridgehead atoms. The van der Waals surface area contributed by atoms with Crippen LogP contribution in [0.4, 0.5) is 0 Å². The van der Waals surface area contributed by atoms with Crippen molar-refractivity contribution in [3.63, 3.8) is 0 Å². The van der Waals surface area contributed by atoms with Crippen LogP contribution in [0.1, 0.15) is 64.2 Å². The number of rotatable bonds is 4. The fraction of sp³-hybridized carbons (Fsp3) is 1.00.